The minimum atomic E-state index is -0.329. The smallest absolute Gasteiger partial charge is 0.400 e. The number of rotatable bonds is 2. The number of nitrogens with one attached hydrogen (secondary N) is 1. The van der Waals surface area contributed by atoms with Crippen LogP contribution in [0.4, 0.5) is 0 Å². The van der Waals surface area contributed by atoms with E-state index in [4.69, 9.17) is 21.5 Å². The normalized spacial score (nSPS) is 21.7. The van der Waals surface area contributed by atoms with E-state index in [9.17, 15) is 0 Å². The number of pyridine rings is 1. The number of hydrogen-bond donors (Lipinski definition) is 1. The van der Waals surface area contributed by atoms with Crippen LogP contribution in [-0.2, 0) is 9.31 Å². The number of aromatic amines is 1. The van der Waals surface area contributed by atoms with Crippen LogP contribution in [0.25, 0.3) is 6.08 Å². The highest BCUT2D eigenvalue weighted by Gasteiger charge is 2.49. The first-order valence-electron chi connectivity index (χ1n) is 6.03. The molecule has 1 aliphatic heterocycles. The van der Waals surface area contributed by atoms with Crippen LogP contribution in [0.2, 0.25) is 0 Å². The molecule has 0 bridgehead atoms. The molecule has 0 spiro atoms. The zero-order valence-corrected chi connectivity index (χ0v) is 12.0. The molecule has 2 rings (SSSR count). The largest absolute Gasteiger partial charge is 0.487 e. The fourth-order valence-corrected chi connectivity index (χ4v) is 1.92. The van der Waals surface area contributed by atoms with Crippen LogP contribution in [0.1, 0.15) is 33.3 Å². The molecule has 2 heterocycles. The molecule has 0 unspecified atom stereocenters. The van der Waals surface area contributed by atoms with E-state index in [0.29, 0.717) is 4.64 Å². The highest BCUT2D eigenvalue weighted by Crippen LogP contribution is 2.36. The Hall–Kier alpha value is -0.905. The average Bonchev–Trinajstić information content (AvgIpc) is 2.46. The monoisotopic (exact) mass is 263 g/mol. The lowest BCUT2D eigenvalue weighted by Gasteiger charge is -2.32. The van der Waals surface area contributed by atoms with Crippen LogP contribution in [0, 0.1) is 4.64 Å². The van der Waals surface area contributed by atoms with Crippen LogP contribution in [0.5, 0.6) is 0 Å². The van der Waals surface area contributed by atoms with Gasteiger partial charge in [0.15, 0.2) is 0 Å². The highest BCUT2D eigenvalue weighted by atomic mass is 32.1. The topological polar surface area (TPSA) is 34.2 Å². The molecular formula is C13H18BNO2S. The van der Waals surface area contributed by atoms with Gasteiger partial charge in [-0.15, -0.1) is 0 Å². The summed E-state index contributed by atoms with van der Waals surface area (Å²) in [6.07, 6.45) is 3.75. The maximum absolute atomic E-state index is 5.87. The Morgan fingerprint density at radius 3 is 2.39 bits per heavy atom. The predicted molar refractivity (Wildman–Crippen MR) is 76.7 cm³/mol. The van der Waals surface area contributed by atoms with Crippen molar-refractivity contribution in [2.75, 3.05) is 0 Å². The van der Waals surface area contributed by atoms with E-state index in [0.717, 1.165) is 5.56 Å². The van der Waals surface area contributed by atoms with Gasteiger partial charge in [-0.05, 0) is 33.8 Å². The Morgan fingerprint density at radius 1 is 1.22 bits per heavy atom. The van der Waals surface area contributed by atoms with Gasteiger partial charge < -0.3 is 14.3 Å². The predicted octanol–water partition coefficient (Wildman–Crippen LogP) is 3.39. The minimum Gasteiger partial charge on any atom is -0.400 e. The quantitative estimate of drug-likeness (QED) is 0.656. The lowest BCUT2D eigenvalue weighted by atomic mass is 9.89. The van der Waals surface area contributed by atoms with Crippen LogP contribution >= 0.6 is 12.2 Å². The second-order valence-electron chi connectivity index (χ2n) is 5.44. The summed E-state index contributed by atoms with van der Waals surface area (Å²) in [5, 5.41) is 0. The molecule has 0 saturated carbocycles. The Kier molecular flexibility index (Phi) is 3.49. The van der Waals surface area contributed by atoms with Gasteiger partial charge in [-0.3, -0.25) is 0 Å². The minimum absolute atomic E-state index is 0.304. The molecule has 0 amide bonds. The van der Waals surface area contributed by atoms with Crippen molar-refractivity contribution in [2.45, 2.75) is 38.9 Å². The third-order valence-electron chi connectivity index (χ3n) is 3.55. The van der Waals surface area contributed by atoms with Gasteiger partial charge in [-0.2, -0.15) is 0 Å². The first kappa shape index (κ1) is 13.5. The summed E-state index contributed by atoms with van der Waals surface area (Å²) in [7, 11) is -0.329. The van der Waals surface area contributed by atoms with Gasteiger partial charge in [0.25, 0.3) is 0 Å². The second kappa shape index (κ2) is 4.65. The van der Waals surface area contributed by atoms with Crippen molar-refractivity contribution in [3.05, 3.63) is 34.5 Å². The molecule has 0 aromatic carbocycles. The summed E-state index contributed by atoms with van der Waals surface area (Å²) >= 11 is 5.19. The molecule has 1 aromatic heterocycles. The molecule has 3 nitrogen and oxygen atoms in total. The first-order chi connectivity index (χ1) is 8.32. The molecule has 1 saturated heterocycles. The molecular weight excluding hydrogens is 245 g/mol. The van der Waals surface area contributed by atoms with Gasteiger partial charge >= 0.3 is 7.12 Å². The van der Waals surface area contributed by atoms with Gasteiger partial charge in [0, 0.05) is 11.8 Å². The van der Waals surface area contributed by atoms with Crippen LogP contribution in [0.15, 0.2) is 24.3 Å². The summed E-state index contributed by atoms with van der Waals surface area (Å²) in [6.45, 7) is 8.15. The van der Waals surface area contributed by atoms with Crippen LogP contribution in [-0.4, -0.2) is 23.3 Å². The summed E-state index contributed by atoms with van der Waals surface area (Å²) in [5.74, 6) is 1.90. The maximum Gasteiger partial charge on any atom is 0.487 e. The molecule has 18 heavy (non-hydrogen) atoms. The van der Waals surface area contributed by atoms with Crippen molar-refractivity contribution in [2.24, 2.45) is 0 Å². The van der Waals surface area contributed by atoms with Crippen molar-refractivity contribution < 1.29 is 9.31 Å². The third kappa shape index (κ3) is 2.58. The number of H-pyrrole nitrogens is 1. The SMILES string of the molecule is CC1(C)OB(/C=C/c2ccc[nH]c2=S)OC1(C)C. The molecule has 5 heteroatoms. The van der Waals surface area contributed by atoms with Crippen LogP contribution < -0.4 is 0 Å². The van der Waals surface area contributed by atoms with E-state index in [1.54, 1.807) is 0 Å². The van der Waals surface area contributed by atoms with E-state index < -0.39 is 0 Å². The van der Waals surface area contributed by atoms with Crippen molar-refractivity contribution in [1.82, 2.24) is 4.98 Å². The summed E-state index contributed by atoms with van der Waals surface area (Å²) in [6, 6.07) is 3.88. The molecule has 0 aliphatic carbocycles. The Morgan fingerprint density at radius 2 is 1.83 bits per heavy atom. The fraction of sp³-hybridized carbons (Fsp3) is 0.462. The van der Waals surface area contributed by atoms with Gasteiger partial charge in [0.2, 0.25) is 0 Å². The average molecular weight is 263 g/mol. The van der Waals surface area contributed by atoms with E-state index in [-0.39, 0.29) is 18.3 Å². The second-order valence-corrected chi connectivity index (χ2v) is 5.85. The third-order valence-corrected chi connectivity index (χ3v) is 3.91. The highest BCUT2D eigenvalue weighted by molar-refractivity contribution is 7.71. The number of aromatic nitrogens is 1. The first-order valence-corrected chi connectivity index (χ1v) is 6.44. The zero-order valence-electron chi connectivity index (χ0n) is 11.2. The van der Waals surface area contributed by atoms with E-state index in [1.165, 1.54) is 0 Å². The lowest BCUT2D eigenvalue weighted by Crippen LogP contribution is -2.41. The van der Waals surface area contributed by atoms with Crippen LogP contribution in [0.3, 0.4) is 0 Å². The van der Waals surface area contributed by atoms with Crippen molar-refractivity contribution in [1.29, 1.82) is 0 Å². The summed E-state index contributed by atoms with van der Waals surface area (Å²) in [5.41, 5.74) is 0.352. The molecule has 96 valence electrons. The molecule has 1 fully saturated rings. The molecule has 1 aromatic rings. The lowest BCUT2D eigenvalue weighted by molar-refractivity contribution is 0.00578. The fourth-order valence-electron chi connectivity index (χ4n) is 1.72. The van der Waals surface area contributed by atoms with Gasteiger partial charge in [-0.1, -0.05) is 30.3 Å². The molecule has 0 radical (unpaired) electrons. The Labute approximate surface area is 113 Å². The molecule has 1 N–H and O–H groups in total. The zero-order chi connectivity index (χ0) is 13.4. The standard InChI is InChI=1S/C13H18BNO2S/c1-12(2)13(3,4)17-14(16-12)8-7-10-6-5-9-15-11(10)18/h5-9H,1-4H3,(H,15,18)/b8-7+. The molecule has 1 aliphatic rings. The summed E-state index contributed by atoms with van der Waals surface area (Å²) in [4.78, 5) is 2.99. The van der Waals surface area contributed by atoms with Gasteiger partial charge in [0.1, 0.15) is 4.64 Å². The van der Waals surface area contributed by atoms with Gasteiger partial charge in [-0.25, -0.2) is 0 Å². The van der Waals surface area contributed by atoms with E-state index in [1.807, 2.05) is 58.1 Å². The summed E-state index contributed by atoms with van der Waals surface area (Å²) < 4.78 is 12.5. The van der Waals surface area contributed by atoms with Crippen molar-refractivity contribution in [3.8, 4) is 0 Å². The number of hydrogen-bond acceptors (Lipinski definition) is 3. The Balaban J connectivity index is 2.14. The molecule has 0 atom stereocenters. The van der Waals surface area contributed by atoms with Crippen molar-refractivity contribution >= 4 is 25.4 Å². The van der Waals surface area contributed by atoms with E-state index >= 15 is 0 Å². The maximum atomic E-state index is 5.87. The van der Waals surface area contributed by atoms with Gasteiger partial charge in [0.05, 0.1) is 11.2 Å². The van der Waals surface area contributed by atoms with E-state index in [2.05, 4.69) is 4.98 Å². The Bertz CT molecular complexity index is 506. The van der Waals surface area contributed by atoms with Crippen molar-refractivity contribution in [3.63, 3.8) is 0 Å².